The summed E-state index contributed by atoms with van der Waals surface area (Å²) in [6.07, 6.45) is 3.07. The Morgan fingerprint density at radius 1 is 1.08 bits per heavy atom. The molecule has 5 nitrogen and oxygen atoms in total. The highest BCUT2D eigenvalue weighted by molar-refractivity contribution is 5.93. The fourth-order valence-corrected chi connectivity index (χ4v) is 2.09. The molecule has 0 aliphatic rings. The number of amides is 1. The van der Waals surface area contributed by atoms with Crippen molar-refractivity contribution in [3.05, 3.63) is 47.8 Å². The van der Waals surface area contributed by atoms with E-state index in [0.29, 0.717) is 24.0 Å². The van der Waals surface area contributed by atoms with Gasteiger partial charge in [0.15, 0.2) is 0 Å². The number of aromatic nitrogens is 2. The molecule has 0 radical (unpaired) electrons. The largest absolute Gasteiger partial charge is 0.352 e. The third kappa shape index (κ3) is 5.05. The molecular weight excluding hydrogens is 300 g/mol. The van der Waals surface area contributed by atoms with Crippen molar-refractivity contribution in [3.63, 3.8) is 0 Å². The lowest BCUT2D eigenvalue weighted by atomic mass is 9.87. The number of carbonyl (C=O) groups is 1. The second-order valence-corrected chi connectivity index (χ2v) is 7.35. The van der Waals surface area contributed by atoms with E-state index >= 15 is 0 Å². The van der Waals surface area contributed by atoms with Crippen molar-refractivity contribution in [1.29, 1.82) is 0 Å². The molecule has 1 amide bonds. The summed E-state index contributed by atoms with van der Waals surface area (Å²) < 4.78 is 0. The minimum absolute atomic E-state index is 0.125. The Kier molecular flexibility index (Phi) is 5.54. The summed E-state index contributed by atoms with van der Waals surface area (Å²) in [5.74, 6) is 0.732. The van der Waals surface area contributed by atoms with Crippen LogP contribution in [-0.4, -0.2) is 22.4 Å². The summed E-state index contributed by atoms with van der Waals surface area (Å²) in [7, 11) is 0. The zero-order valence-electron chi connectivity index (χ0n) is 15.1. The van der Waals surface area contributed by atoms with Gasteiger partial charge in [-0.2, -0.15) is 0 Å². The Bertz CT molecular complexity index is 670. The van der Waals surface area contributed by atoms with Gasteiger partial charge in [0.2, 0.25) is 5.95 Å². The molecule has 0 bridgehead atoms. The van der Waals surface area contributed by atoms with Crippen molar-refractivity contribution in [2.75, 3.05) is 11.9 Å². The molecule has 0 saturated carbocycles. The third-order valence-electron chi connectivity index (χ3n) is 3.59. The number of anilines is 2. The Morgan fingerprint density at radius 3 is 2.17 bits per heavy atom. The van der Waals surface area contributed by atoms with E-state index < -0.39 is 0 Å². The zero-order chi connectivity index (χ0) is 17.7. The van der Waals surface area contributed by atoms with Gasteiger partial charge in [-0.15, -0.1) is 0 Å². The van der Waals surface area contributed by atoms with Crippen LogP contribution >= 0.6 is 0 Å². The zero-order valence-corrected chi connectivity index (χ0v) is 15.1. The Hall–Kier alpha value is -2.43. The molecule has 0 aliphatic heterocycles. The van der Waals surface area contributed by atoms with Crippen molar-refractivity contribution in [3.8, 4) is 0 Å². The molecule has 1 heterocycles. The average molecular weight is 326 g/mol. The molecule has 2 aromatic rings. The first-order valence-corrected chi connectivity index (χ1v) is 8.23. The fraction of sp³-hybridized carbons (Fsp3) is 0.421. The molecule has 2 rings (SSSR count). The summed E-state index contributed by atoms with van der Waals surface area (Å²) >= 11 is 0. The molecule has 0 saturated heterocycles. The molecule has 0 fully saturated rings. The summed E-state index contributed by atoms with van der Waals surface area (Å²) in [6, 6.07) is 8.20. The van der Waals surface area contributed by atoms with Gasteiger partial charge in [-0.25, -0.2) is 9.97 Å². The van der Waals surface area contributed by atoms with E-state index in [-0.39, 0.29) is 11.3 Å². The first-order chi connectivity index (χ1) is 11.3. The van der Waals surface area contributed by atoms with Crippen LogP contribution in [0.2, 0.25) is 0 Å². The van der Waals surface area contributed by atoms with Crippen molar-refractivity contribution >= 4 is 17.5 Å². The molecular formula is C19H26N4O. The minimum atomic E-state index is -0.148. The van der Waals surface area contributed by atoms with Gasteiger partial charge < -0.3 is 10.6 Å². The lowest BCUT2D eigenvalue weighted by molar-refractivity contribution is 0.0948. The summed E-state index contributed by atoms with van der Waals surface area (Å²) in [4.78, 5) is 20.4. The first-order valence-electron chi connectivity index (χ1n) is 8.23. The Balaban J connectivity index is 2.00. The van der Waals surface area contributed by atoms with Crippen LogP contribution in [0.4, 0.5) is 11.6 Å². The van der Waals surface area contributed by atoms with Gasteiger partial charge in [0.1, 0.15) is 0 Å². The second kappa shape index (κ2) is 7.43. The monoisotopic (exact) mass is 326 g/mol. The van der Waals surface area contributed by atoms with Gasteiger partial charge in [-0.3, -0.25) is 4.79 Å². The van der Waals surface area contributed by atoms with Gasteiger partial charge in [-0.05, 0) is 29.0 Å². The molecule has 2 N–H and O–H groups in total. The maximum Gasteiger partial charge on any atom is 0.254 e. The van der Waals surface area contributed by atoms with Gasteiger partial charge in [0, 0.05) is 24.6 Å². The lowest BCUT2D eigenvalue weighted by Crippen LogP contribution is -2.27. The van der Waals surface area contributed by atoms with Crippen LogP contribution in [0.1, 0.15) is 50.5 Å². The Labute approximate surface area is 143 Å². The van der Waals surface area contributed by atoms with E-state index in [1.54, 1.807) is 0 Å². The summed E-state index contributed by atoms with van der Waals surface area (Å²) in [5.41, 5.74) is 2.77. The van der Waals surface area contributed by atoms with E-state index in [2.05, 4.69) is 67.4 Å². The standard InChI is InChI=1S/C19H26N4O/c1-13(2)10-20-17(24)14-11-21-18(22-12-14)23-16-8-6-15(7-9-16)19(3,4)5/h6-9,11-13H,10H2,1-5H3,(H,20,24)(H,21,22,23). The van der Waals surface area contributed by atoms with Crippen molar-refractivity contribution in [2.45, 2.75) is 40.0 Å². The number of benzene rings is 1. The van der Waals surface area contributed by atoms with Crippen LogP contribution in [-0.2, 0) is 5.41 Å². The smallest absolute Gasteiger partial charge is 0.254 e. The van der Waals surface area contributed by atoms with Crippen molar-refractivity contribution < 1.29 is 4.79 Å². The SMILES string of the molecule is CC(C)CNC(=O)c1cnc(Nc2ccc(C(C)(C)C)cc2)nc1. The van der Waals surface area contributed by atoms with Gasteiger partial charge >= 0.3 is 0 Å². The molecule has 0 spiro atoms. The van der Waals surface area contributed by atoms with Crippen LogP contribution in [0.3, 0.4) is 0 Å². The Morgan fingerprint density at radius 2 is 1.67 bits per heavy atom. The predicted molar refractivity (Wildman–Crippen MR) is 97.6 cm³/mol. The van der Waals surface area contributed by atoms with E-state index in [1.165, 1.54) is 18.0 Å². The minimum Gasteiger partial charge on any atom is -0.352 e. The molecule has 1 aromatic carbocycles. The molecule has 0 aliphatic carbocycles. The maximum atomic E-state index is 11.9. The van der Waals surface area contributed by atoms with E-state index in [1.807, 2.05) is 12.1 Å². The first kappa shape index (κ1) is 17.9. The number of carbonyl (C=O) groups excluding carboxylic acids is 1. The molecule has 24 heavy (non-hydrogen) atoms. The molecule has 0 unspecified atom stereocenters. The second-order valence-electron chi connectivity index (χ2n) is 7.35. The highest BCUT2D eigenvalue weighted by atomic mass is 16.1. The van der Waals surface area contributed by atoms with Crippen molar-refractivity contribution in [1.82, 2.24) is 15.3 Å². The van der Waals surface area contributed by atoms with Crippen LogP contribution < -0.4 is 10.6 Å². The molecule has 5 heteroatoms. The van der Waals surface area contributed by atoms with Crippen LogP contribution in [0.25, 0.3) is 0 Å². The highest BCUT2D eigenvalue weighted by Gasteiger charge is 2.13. The topological polar surface area (TPSA) is 66.9 Å². The van der Waals surface area contributed by atoms with Gasteiger partial charge in [0.05, 0.1) is 5.56 Å². The fourth-order valence-electron chi connectivity index (χ4n) is 2.09. The van der Waals surface area contributed by atoms with Crippen LogP contribution in [0.5, 0.6) is 0 Å². The van der Waals surface area contributed by atoms with E-state index in [9.17, 15) is 4.79 Å². The number of nitrogens with one attached hydrogen (secondary N) is 2. The van der Waals surface area contributed by atoms with E-state index in [4.69, 9.17) is 0 Å². The molecule has 0 atom stereocenters. The number of nitrogens with zero attached hydrogens (tertiary/aromatic N) is 2. The number of hydrogen-bond donors (Lipinski definition) is 2. The normalized spacial score (nSPS) is 11.4. The quantitative estimate of drug-likeness (QED) is 0.874. The summed E-state index contributed by atoms with van der Waals surface area (Å²) in [6.45, 7) is 11.3. The maximum absolute atomic E-state index is 11.9. The van der Waals surface area contributed by atoms with E-state index in [0.717, 1.165) is 5.69 Å². The molecule has 1 aromatic heterocycles. The predicted octanol–water partition coefficient (Wildman–Crippen LogP) is 3.90. The van der Waals surface area contributed by atoms with Gasteiger partial charge in [-0.1, -0.05) is 46.8 Å². The van der Waals surface area contributed by atoms with Crippen LogP contribution in [0.15, 0.2) is 36.7 Å². The van der Waals surface area contributed by atoms with Crippen molar-refractivity contribution in [2.24, 2.45) is 5.92 Å². The average Bonchev–Trinajstić information content (AvgIpc) is 2.53. The number of hydrogen-bond acceptors (Lipinski definition) is 4. The summed E-state index contributed by atoms with van der Waals surface area (Å²) in [5, 5.41) is 5.99. The molecule has 128 valence electrons. The highest BCUT2D eigenvalue weighted by Crippen LogP contribution is 2.24. The van der Waals surface area contributed by atoms with Gasteiger partial charge in [0.25, 0.3) is 5.91 Å². The third-order valence-corrected chi connectivity index (χ3v) is 3.59. The lowest BCUT2D eigenvalue weighted by Gasteiger charge is -2.19. The number of rotatable bonds is 5. The van der Waals surface area contributed by atoms with Crippen LogP contribution in [0, 0.1) is 5.92 Å².